The zero-order valence-corrected chi connectivity index (χ0v) is 71.5. The van der Waals surface area contributed by atoms with Gasteiger partial charge in [0.15, 0.2) is 24.8 Å². The molecule has 0 unspecified atom stereocenters. The van der Waals surface area contributed by atoms with Crippen molar-refractivity contribution in [1.82, 2.24) is 0 Å². The molecular formula is C99H124N4Si3+4. The molecule has 0 saturated carbocycles. The Labute approximate surface area is 659 Å². The Kier molecular flexibility index (Phi) is 20.7. The number of aryl methyl sites for hydroxylation is 17. The number of hydrogen-bond donors (Lipinski definition) is 0. The van der Waals surface area contributed by atoms with Crippen molar-refractivity contribution in [2.75, 3.05) is 0 Å². The number of pyridine rings is 4. The summed E-state index contributed by atoms with van der Waals surface area (Å²) < 4.78 is 98.4. The van der Waals surface area contributed by atoms with Crippen LogP contribution in [0.3, 0.4) is 0 Å². The Bertz CT molecular complexity index is 5620. The number of hydrogen-bond acceptors (Lipinski definition) is 0. The molecule has 0 fully saturated rings. The maximum absolute atomic E-state index is 8.77. The van der Waals surface area contributed by atoms with Gasteiger partial charge in [-0.2, -0.15) is 0 Å². The van der Waals surface area contributed by atoms with Crippen LogP contribution < -0.4 is 33.8 Å². The van der Waals surface area contributed by atoms with Crippen molar-refractivity contribution in [1.29, 1.82) is 0 Å². The molecule has 0 N–H and O–H groups in total. The van der Waals surface area contributed by atoms with Gasteiger partial charge in [-0.3, -0.25) is 0 Å². The average molecular weight is 1470 g/mol. The molecule has 0 bridgehead atoms. The highest BCUT2D eigenvalue weighted by Gasteiger charge is 2.29. The van der Waals surface area contributed by atoms with Crippen LogP contribution in [0.2, 0.25) is 58.9 Å². The van der Waals surface area contributed by atoms with Crippen LogP contribution in [0.25, 0.3) is 89.5 Å². The third-order valence-corrected chi connectivity index (χ3v) is 26.3. The molecule has 0 aliphatic carbocycles. The molecule has 8 aromatic carbocycles. The average Bonchev–Trinajstić information content (AvgIpc) is 0.775. The van der Waals surface area contributed by atoms with E-state index < -0.39 is 56.6 Å². The summed E-state index contributed by atoms with van der Waals surface area (Å²) in [6.07, 6.45) is 7.10. The van der Waals surface area contributed by atoms with Crippen LogP contribution in [0.4, 0.5) is 0 Å². The summed E-state index contributed by atoms with van der Waals surface area (Å²) in [4.78, 5) is 0. The Morgan fingerprint density at radius 2 is 0.679 bits per heavy atom. The van der Waals surface area contributed by atoms with E-state index in [2.05, 4.69) is 209 Å². The lowest BCUT2D eigenvalue weighted by Gasteiger charge is -2.24. The van der Waals surface area contributed by atoms with Gasteiger partial charge in [0.2, 0.25) is 22.8 Å². The smallest absolute Gasteiger partial charge is 0.201 e. The number of nitrogens with zero attached hydrogens (tertiary/aromatic N) is 4. The molecule has 4 heterocycles. The van der Waals surface area contributed by atoms with Crippen LogP contribution >= 0.6 is 0 Å². The van der Waals surface area contributed by atoms with Crippen LogP contribution in [0.1, 0.15) is 114 Å². The number of aromatic nitrogens is 4. The lowest BCUT2D eigenvalue weighted by Crippen LogP contribution is -2.46. The molecular weight excluding hydrogens is 1330 g/mol. The van der Waals surface area contributed by atoms with E-state index in [0.29, 0.717) is 16.7 Å². The zero-order valence-electron chi connectivity index (χ0n) is 79.5. The third-order valence-electron chi connectivity index (χ3n) is 20.1. The maximum atomic E-state index is 8.77. The summed E-state index contributed by atoms with van der Waals surface area (Å²) in [6.45, 7) is 41.3. The molecule has 106 heavy (non-hydrogen) atoms. The molecule has 0 amide bonds. The fourth-order valence-electron chi connectivity index (χ4n) is 14.0. The van der Waals surface area contributed by atoms with Gasteiger partial charge in [-0.25, -0.2) is 18.3 Å². The normalized spacial score (nSPS) is 13.7. The van der Waals surface area contributed by atoms with Crippen molar-refractivity contribution in [3.8, 4) is 89.5 Å². The van der Waals surface area contributed by atoms with Crippen molar-refractivity contribution in [2.45, 2.75) is 176 Å². The van der Waals surface area contributed by atoms with Crippen molar-refractivity contribution in [2.24, 2.45) is 33.6 Å². The van der Waals surface area contributed by atoms with E-state index in [1.54, 1.807) is 0 Å². The van der Waals surface area contributed by atoms with Crippen molar-refractivity contribution < 1.29 is 33.3 Å². The van der Waals surface area contributed by atoms with Gasteiger partial charge in [-0.05, 0) is 226 Å². The lowest BCUT2D eigenvalue weighted by molar-refractivity contribution is -0.661. The van der Waals surface area contributed by atoms with Crippen molar-refractivity contribution in [3.63, 3.8) is 0 Å². The van der Waals surface area contributed by atoms with E-state index in [9.17, 15) is 0 Å². The predicted octanol–water partition coefficient (Wildman–Crippen LogP) is 22.6. The highest BCUT2D eigenvalue weighted by molar-refractivity contribution is 6.90. The van der Waals surface area contributed by atoms with Gasteiger partial charge < -0.3 is 0 Å². The monoisotopic (exact) mass is 1460 g/mol. The van der Waals surface area contributed by atoms with E-state index in [1.807, 2.05) is 199 Å². The lowest BCUT2D eigenvalue weighted by atomic mass is 9.86. The summed E-state index contributed by atoms with van der Waals surface area (Å²) in [5.41, 5.74) is 29.1. The molecule has 0 aliphatic heterocycles. The van der Waals surface area contributed by atoms with Gasteiger partial charge in [0.05, 0.1) is 24.2 Å². The van der Waals surface area contributed by atoms with Crippen molar-refractivity contribution >= 4 is 39.8 Å². The zero-order chi connectivity index (χ0) is 87.1. The molecule has 0 aliphatic rings. The molecule has 12 rings (SSSR count). The Morgan fingerprint density at radius 1 is 0.302 bits per heavy atom. The quantitative estimate of drug-likeness (QED) is 0.0856. The second-order valence-corrected chi connectivity index (χ2v) is 48.9. The molecule has 4 aromatic heterocycles. The van der Waals surface area contributed by atoms with Crippen LogP contribution in [0.15, 0.2) is 213 Å². The van der Waals surface area contributed by atoms with E-state index in [4.69, 9.17) is 15.1 Å². The summed E-state index contributed by atoms with van der Waals surface area (Å²) >= 11 is 0. The highest BCUT2D eigenvalue weighted by Crippen LogP contribution is 2.37. The fraction of sp³-hybridized carbons (Fsp3) is 0.313. The molecule has 0 spiro atoms. The van der Waals surface area contributed by atoms with Gasteiger partial charge in [-0.15, -0.1) is 0 Å². The van der Waals surface area contributed by atoms with Gasteiger partial charge in [0, 0.05) is 83.6 Å². The maximum Gasteiger partial charge on any atom is 0.212 e. The van der Waals surface area contributed by atoms with Crippen molar-refractivity contribution in [3.05, 3.63) is 291 Å². The van der Waals surface area contributed by atoms with E-state index in [1.165, 1.54) is 48.9 Å². The SMILES string of the molecule is [2H]C([2H])([2H])c1cc(C)c(-c2cc(C)c([Si](C)(C)C)c[n+]2C)cc1-c1ccc(C)cc1.[2H]C([2H])([2H])c1cc(C)c(-c2cc(C)cc[n+]2C)cc1-c1ccc(C)cc1.[2H]C([2H])([2H])c1cc(C)c(-c2ccc([Si](C)(C)C)c[n+]2C)cc1-c1ccc(C)cc1.[2H]C([2H])(c1c[n+](C)c(-c2cc(-c3ccccc3)c([Si](C)(C)C)cc2C)cc1C)C(C)(C)C. The minimum atomic E-state index is -2.16. The predicted molar refractivity (Wildman–Crippen MR) is 468 cm³/mol. The second-order valence-electron chi connectivity index (χ2n) is 33.8. The largest absolute Gasteiger partial charge is 0.212 e. The second kappa shape index (κ2) is 33.0. The Balaban J connectivity index is 0.000000178. The highest BCUT2D eigenvalue weighted by atomic mass is 28.3. The number of benzene rings is 8. The minimum absolute atomic E-state index is 0.401. The fourth-order valence-corrected chi connectivity index (χ4v) is 18.6. The molecule has 12 aromatic rings. The third kappa shape index (κ3) is 19.8. The standard InChI is InChI=1S/C28H38NSi.C25H32NSi.C24H30NSi.C22H24N/c1-20-15-26(29(6)19-23(20)18-28(3,4)5)24-17-25(22-13-11-10-12-14-22)27(16-21(24)2)30(7,8)9;1-17-9-11-21(12-10-17)22-15-23(19(3)13-18(22)2)24-14-20(4)25(16-26(24)5)27(6,7)8;1-17-8-10-20(11-9-17)22-15-23(19(3)14-18(22)2)24-13-12-21(16-25(24)4)26(5,6)7;1-15-6-8-19(9-7-15)20-14-21(18(4)13-17(20)3)22-12-16(2)10-11-23(22)5/h10-17,19H,18H2,1-9H3;9-16H,1-8H3;8-16H,1-7H3;6-14H,1-5H3/q4*+1/i18D2;2*2D3;3D3. The Morgan fingerprint density at radius 3 is 1.08 bits per heavy atom. The number of rotatable bonds is 12. The molecule has 0 radical (unpaired) electrons. The first-order valence-electron chi connectivity index (χ1n) is 42.8. The van der Waals surface area contributed by atoms with Crippen LogP contribution in [0.5, 0.6) is 0 Å². The molecule has 548 valence electrons. The van der Waals surface area contributed by atoms with Crippen LogP contribution in [-0.4, -0.2) is 24.2 Å². The molecule has 0 atom stereocenters. The molecule has 0 saturated heterocycles. The van der Waals surface area contributed by atoms with E-state index in [-0.39, 0.29) is 0 Å². The van der Waals surface area contributed by atoms with Gasteiger partial charge in [0.1, 0.15) is 28.2 Å². The van der Waals surface area contributed by atoms with Crippen LogP contribution in [-0.2, 0) is 34.6 Å². The van der Waals surface area contributed by atoms with E-state index in [0.717, 1.165) is 117 Å². The first kappa shape index (κ1) is 66.4. The first-order valence-corrected chi connectivity index (χ1v) is 47.8. The minimum Gasteiger partial charge on any atom is -0.201 e. The summed E-state index contributed by atoms with van der Waals surface area (Å²) in [5, 5.41) is 4.33. The summed E-state index contributed by atoms with van der Waals surface area (Å²) in [7, 11) is 3.80. The van der Waals surface area contributed by atoms with Gasteiger partial charge in [0.25, 0.3) is 0 Å². The molecule has 4 nitrogen and oxygen atoms in total. The van der Waals surface area contributed by atoms with E-state index >= 15 is 0 Å². The summed E-state index contributed by atoms with van der Waals surface area (Å²) in [5.74, 6) is 0. The summed E-state index contributed by atoms with van der Waals surface area (Å²) in [6, 6.07) is 64.3. The Hall–Kier alpha value is -8.99. The van der Waals surface area contributed by atoms with Crippen LogP contribution in [0, 0.1) is 95.2 Å². The molecule has 7 heteroatoms. The first-order chi connectivity index (χ1) is 54.0. The van der Waals surface area contributed by atoms with Gasteiger partial charge >= 0.3 is 0 Å². The topological polar surface area (TPSA) is 15.5 Å². The van der Waals surface area contributed by atoms with Gasteiger partial charge in [-0.1, -0.05) is 235 Å².